The van der Waals surface area contributed by atoms with Gasteiger partial charge in [-0.15, -0.1) is 0 Å². The van der Waals surface area contributed by atoms with Crippen molar-refractivity contribution in [3.05, 3.63) is 22.2 Å². The van der Waals surface area contributed by atoms with Crippen LogP contribution >= 0.6 is 15.9 Å². The molecule has 1 unspecified atom stereocenters. The quantitative estimate of drug-likeness (QED) is 0.747. The monoisotopic (exact) mass is 299 g/mol. The number of hydrogen-bond acceptors (Lipinski definition) is 3. The van der Waals surface area contributed by atoms with Gasteiger partial charge in [-0.3, -0.25) is 4.79 Å². The third-order valence-electron chi connectivity index (χ3n) is 2.47. The molecule has 17 heavy (non-hydrogen) atoms. The SMILES string of the molecule is CCNC(=O)C(C)Nc1cc(C)c(N)cc1Br. The molecular formula is C12H18BrN3O. The zero-order valence-corrected chi connectivity index (χ0v) is 11.9. The summed E-state index contributed by atoms with van der Waals surface area (Å²) in [5, 5.41) is 5.92. The van der Waals surface area contributed by atoms with Crippen LogP contribution in [0.2, 0.25) is 0 Å². The second-order valence-corrected chi connectivity index (χ2v) is 4.80. The molecule has 1 rings (SSSR count). The Morgan fingerprint density at radius 2 is 2.18 bits per heavy atom. The molecule has 0 aliphatic rings. The Bertz CT molecular complexity index is 420. The maximum Gasteiger partial charge on any atom is 0.242 e. The van der Waals surface area contributed by atoms with E-state index in [2.05, 4.69) is 26.6 Å². The van der Waals surface area contributed by atoms with Crippen molar-refractivity contribution in [1.29, 1.82) is 0 Å². The topological polar surface area (TPSA) is 67.2 Å². The van der Waals surface area contributed by atoms with E-state index in [-0.39, 0.29) is 11.9 Å². The lowest BCUT2D eigenvalue weighted by molar-refractivity contribution is -0.121. The van der Waals surface area contributed by atoms with Crippen molar-refractivity contribution in [2.24, 2.45) is 0 Å². The van der Waals surface area contributed by atoms with Gasteiger partial charge in [-0.1, -0.05) is 0 Å². The lowest BCUT2D eigenvalue weighted by Gasteiger charge is -2.17. The highest BCUT2D eigenvalue weighted by atomic mass is 79.9. The van der Waals surface area contributed by atoms with Crippen molar-refractivity contribution in [3.8, 4) is 0 Å². The van der Waals surface area contributed by atoms with Gasteiger partial charge < -0.3 is 16.4 Å². The molecule has 1 aromatic rings. The molecule has 0 radical (unpaired) electrons. The van der Waals surface area contributed by atoms with Gasteiger partial charge in [-0.05, 0) is 54.4 Å². The zero-order chi connectivity index (χ0) is 13.0. The number of nitrogens with two attached hydrogens (primary N) is 1. The van der Waals surface area contributed by atoms with Gasteiger partial charge in [0.25, 0.3) is 0 Å². The highest BCUT2D eigenvalue weighted by Gasteiger charge is 2.13. The fourth-order valence-corrected chi connectivity index (χ4v) is 1.91. The predicted molar refractivity (Wildman–Crippen MR) is 75.1 cm³/mol. The standard InChI is InChI=1S/C12H18BrN3O/c1-4-15-12(17)8(3)16-11-5-7(2)10(14)6-9(11)13/h5-6,8,16H,4,14H2,1-3H3,(H,15,17). The van der Waals surface area contributed by atoms with Gasteiger partial charge >= 0.3 is 0 Å². The number of likely N-dealkylation sites (N-methyl/N-ethyl adjacent to an activating group) is 1. The molecule has 94 valence electrons. The first-order chi connectivity index (χ1) is 7.95. The lowest BCUT2D eigenvalue weighted by Crippen LogP contribution is -2.37. The third kappa shape index (κ3) is 3.63. The molecule has 0 aliphatic heterocycles. The van der Waals surface area contributed by atoms with Crippen molar-refractivity contribution in [2.45, 2.75) is 26.8 Å². The number of benzene rings is 1. The van der Waals surface area contributed by atoms with E-state index in [1.54, 1.807) is 0 Å². The van der Waals surface area contributed by atoms with E-state index in [0.717, 1.165) is 21.4 Å². The maximum absolute atomic E-state index is 11.6. The summed E-state index contributed by atoms with van der Waals surface area (Å²) >= 11 is 3.42. The Hall–Kier alpha value is -1.23. The summed E-state index contributed by atoms with van der Waals surface area (Å²) in [6.45, 7) is 6.29. The molecular weight excluding hydrogens is 282 g/mol. The number of rotatable bonds is 4. The van der Waals surface area contributed by atoms with E-state index in [1.165, 1.54) is 0 Å². The van der Waals surface area contributed by atoms with E-state index in [0.29, 0.717) is 6.54 Å². The van der Waals surface area contributed by atoms with E-state index in [9.17, 15) is 4.79 Å². The van der Waals surface area contributed by atoms with Crippen LogP contribution in [-0.4, -0.2) is 18.5 Å². The first kappa shape index (κ1) is 13.8. The molecule has 0 spiro atoms. The van der Waals surface area contributed by atoms with Crippen LogP contribution in [0.5, 0.6) is 0 Å². The Morgan fingerprint density at radius 3 is 2.76 bits per heavy atom. The van der Waals surface area contributed by atoms with Crippen LogP contribution in [0, 0.1) is 6.92 Å². The van der Waals surface area contributed by atoms with Crippen molar-refractivity contribution < 1.29 is 4.79 Å². The van der Waals surface area contributed by atoms with Gasteiger partial charge in [0.1, 0.15) is 6.04 Å². The summed E-state index contributed by atoms with van der Waals surface area (Å²) in [6, 6.07) is 3.48. The number of carbonyl (C=O) groups is 1. The Balaban J connectivity index is 2.81. The fourth-order valence-electron chi connectivity index (χ4n) is 1.43. The van der Waals surface area contributed by atoms with Gasteiger partial charge in [-0.25, -0.2) is 0 Å². The third-order valence-corrected chi connectivity index (χ3v) is 3.13. The first-order valence-corrected chi connectivity index (χ1v) is 6.34. The summed E-state index contributed by atoms with van der Waals surface area (Å²) in [5.41, 5.74) is 8.38. The molecule has 0 fully saturated rings. The smallest absolute Gasteiger partial charge is 0.242 e. The Morgan fingerprint density at radius 1 is 1.53 bits per heavy atom. The zero-order valence-electron chi connectivity index (χ0n) is 10.3. The molecule has 4 nitrogen and oxygen atoms in total. The van der Waals surface area contributed by atoms with Crippen LogP contribution in [0.15, 0.2) is 16.6 Å². The highest BCUT2D eigenvalue weighted by Crippen LogP contribution is 2.28. The number of nitrogens with one attached hydrogen (secondary N) is 2. The van der Waals surface area contributed by atoms with Crippen LogP contribution in [-0.2, 0) is 4.79 Å². The van der Waals surface area contributed by atoms with Crippen molar-refractivity contribution in [1.82, 2.24) is 5.32 Å². The Labute approximate surface area is 110 Å². The van der Waals surface area contributed by atoms with Crippen LogP contribution in [0.1, 0.15) is 19.4 Å². The maximum atomic E-state index is 11.6. The summed E-state index contributed by atoms with van der Waals surface area (Å²) in [7, 11) is 0. The van der Waals surface area contributed by atoms with Crippen molar-refractivity contribution >= 4 is 33.2 Å². The first-order valence-electron chi connectivity index (χ1n) is 5.55. The number of halogens is 1. The molecule has 1 atom stereocenters. The van der Waals surface area contributed by atoms with E-state index in [4.69, 9.17) is 5.73 Å². The highest BCUT2D eigenvalue weighted by molar-refractivity contribution is 9.10. The number of aryl methyl sites for hydroxylation is 1. The molecule has 0 saturated heterocycles. The van der Waals surface area contributed by atoms with Crippen LogP contribution < -0.4 is 16.4 Å². The molecule has 5 heteroatoms. The molecule has 4 N–H and O–H groups in total. The molecule has 0 heterocycles. The molecule has 0 saturated carbocycles. The Kier molecular flexibility index (Phi) is 4.81. The van der Waals surface area contributed by atoms with Gasteiger partial charge in [0.05, 0.1) is 0 Å². The van der Waals surface area contributed by atoms with Gasteiger partial charge in [0.2, 0.25) is 5.91 Å². The minimum atomic E-state index is -0.283. The summed E-state index contributed by atoms with van der Waals surface area (Å²) in [5.74, 6) is -0.0196. The van der Waals surface area contributed by atoms with Gasteiger partial charge in [0, 0.05) is 22.4 Å². The summed E-state index contributed by atoms with van der Waals surface area (Å²) < 4.78 is 0.858. The number of anilines is 2. The average molecular weight is 300 g/mol. The van der Waals surface area contributed by atoms with Crippen LogP contribution in [0.4, 0.5) is 11.4 Å². The van der Waals surface area contributed by atoms with Crippen molar-refractivity contribution in [2.75, 3.05) is 17.6 Å². The summed E-state index contributed by atoms with van der Waals surface area (Å²) in [6.07, 6.45) is 0. The second kappa shape index (κ2) is 5.91. The molecule has 0 aliphatic carbocycles. The summed E-state index contributed by atoms with van der Waals surface area (Å²) in [4.78, 5) is 11.6. The van der Waals surface area contributed by atoms with E-state index in [1.807, 2.05) is 32.9 Å². The number of carbonyl (C=O) groups excluding carboxylic acids is 1. The van der Waals surface area contributed by atoms with Crippen LogP contribution in [0.25, 0.3) is 0 Å². The normalized spacial score (nSPS) is 12.0. The molecule has 0 bridgehead atoms. The van der Waals surface area contributed by atoms with Gasteiger partial charge in [0.15, 0.2) is 0 Å². The largest absolute Gasteiger partial charge is 0.398 e. The predicted octanol–water partition coefficient (Wildman–Crippen LogP) is 2.28. The van der Waals surface area contributed by atoms with E-state index < -0.39 is 0 Å². The molecule has 0 aromatic heterocycles. The lowest BCUT2D eigenvalue weighted by atomic mass is 10.1. The number of amides is 1. The fraction of sp³-hybridized carbons (Fsp3) is 0.417. The van der Waals surface area contributed by atoms with Crippen molar-refractivity contribution in [3.63, 3.8) is 0 Å². The molecule has 1 aromatic carbocycles. The minimum Gasteiger partial charge on any atom is -0.398 e. The minimum absolute atomic E-state index is 0.0196. The number of nitrogen functional groups attached to an aromatic ring is 1. The van der Waals surface area contributed by atoms with Gasteiger partial charge in [-0.2, -0.15) is 0 Å². The average Bonchev–Trinajstić information content (AvgIpc) is 2.26. The van der Waals surface area contributed by atoms with Crippen LogP contribution in [0.3, 0.4) is 0 Å². The molecule has 1 amide bonds. The van der Waals surface area contributed by atoms with E-state index >= 15 is 0 Å². The number of hydrogen-bond donors (Lipinski definition) is 3. The second-order valence-electron chi connectivity index (χ2n) is 3.95.